The normalized spacial score (nSPS) is 10.1. The van der Waals surface area contributed by atoms with E-state index in [2.05, 4.69) is 28.2 Å². The Bertz CT molecular complexity index is 524. The highest BCUT2D eigenvalue weighted by Gasteiger charge is 2.12. The second-order valence-corrected chi connectivity index (χ2v) is 3.70. The van der Waals surface area contributed by atoms with Gasteiger partial charge in [0.05, 0.1) is 6.54 Å². The molecule has 5 nitrogen and oxygen atoms in total. The zero-order valence-electron chi connectivity index (χ0n) is 9.67. The lowest BCUT2D eigenvalue weighted by Crippen LogP contribution is -2.02. The third-order valence-electron chi connectivity index (χ3n) is 2.41. The van der Waals surface area contributed by atoms with Gasteiger partial charge in [-0.15, -0.1) is 5.10 Å². The van der Waals surface area contributed by atoms with Crippen molar-refractivity contribution in [1.82, 2.24) is 20.0 Å². The van der Waals surface area contributed by atoms with E-state index in [0.717, 1.165) is 24.9 Å². The van der Waals surface area contributed by atoms with Gasteiger partial charge in [0.15, 0.2) is 5.69 Å². The summed E-state index contributed by atoms with van der Waals surface area (Å²) in [5.74, 6) is 0. The minimum absolute atomic E-state index is 0.356. The lowest BCUT2D eigenvalue weighted by atomic mass is 10.2. The molecule has 0 spiro atoms. The fraction of sp³-hybridized carbons (Fsp3) is 0.333. The van der Waals surface area contributed by atoms with Crippen LogP contribution in [-0.4, -0.2) is 20.0 Å². The quantitative estimate of drug-likeness (QED) is 0.801. The van der Waals surface area contributed by atoms with E-state index in [-0.39, 0.29) is 0 Å². The van der Waals surface area contributed by atoms with Crippen molar-refractivity contribution in [3.63, 3.8) is 0 Å². The summed E-state index contributed by atoms with van der Waals surface area (Å²) in [5, 5.41) is 17.5. The second kappa shape index (κ2) is 5.21. The molecule has 5 heteroatoms. The Hall–Kier alpha value is -2.22. The number of aromatic nitrogens is 4. The average molecular weight is 227 g/mol. The van der Waals surface area contributed by atoms with Crippen molar-refractivity contribution in [3.05, 3.63) is 30.2 Å². The minimum atomic E-state index is 0.356. The van der Waals surface area contributed by atoms with Crippen molar-refractivity contribution >= 4 is 0 Å². The van der Waals surface area contributed by atoms with E-state index in [1.807, 2.05) is 12.1 Å². The van der Waals surface area contributed by atoms with Gasteiger partial charge in [-0.05, 0) is 18.6 Å². The maximum absolute atomic E-state index is 9.03. The first-order valence-electron chi connectivity index (χ1n) is 5.60. The van der Waals surface area contributed by atoms with Gasteiger partial charge in [0.2, 0.25) is 0 Å². The maximum atomic E-state index is 9.03. The number of nitrogens with zero attached hydrogens (tertiary/aromatic N) is 5. The number of hydrogen-bond donors (Lipinski definition) is 0. The van der Waals surface area contributed by atoms with Crippen LogP contribution < -0.4 is 0 Å². The predicted octanol–water partition coefficient (Wildman–Crippen LogP) is 2.01. The van der Waals surface area contributed by atoms with Crippen LogP contribution >= 0.6 is 0 Å². The van der Waals surface area contributed by atoms with Gasteiger partial charge in [0, 0.05) is 18.0 Å². The van der Waals surface area contributed by atoms with E-state index in [0.29, 0.717) is 11.4 Å². The van der Waals surface area contributed by atoms with E-state index in [1.165, 1.54) is 0 Å². The maximum Gasteiger partial charge on any atom is 0.190 e. The molecule has 0 bridgehead atoms. The largest absolute Gasteiger partial charge is 0.264 e. The molecule has 0 aliphatic carbocycles. The van der Waals surface area contributed by atoms with Gasteiger partial charge in [0.1, 0.15) is 11.8 Å². The fourth-order valence-corrected chi connectivity index (χ4v) is 1.52. The molecular formula is C12H13N5. The van der Waals surface area contributed by atoms with E-state index >= 15 is 0 Å². The fourth-order valence-electron chi connectivity index (χ4n) is 1.52. The molecule has 0 aliphatic heterocycles. The van der Waals surface area contributed by atoms with Gasteiger partial charge in [0.25, 0.3) is 0 Å². The van der Waals surface area contributed by atoms with Gasteiger partial charge < -0.3 is 0 Å². The second-order valence-electron chi connectivity index (χ2n) is 3.70. The van der Waals surface area contributed by atoms with Crippen LogP contribution in [0.15, 0.2) is 24.5 Å². The number of pyridine rings is 1. The number of aryl methyl sites for hydroxylation is 1. The van der Waals surface area contributed by atoms with E-state index in [9.17, 15) is 0 Å². The van der Waals surface area contributed by atoms with Crippen LogP contribution in [0.4, 0.5) is 0 Å². The highest BCUT2D eigenvalue weighted by molar-refractivity contribution is 5.62. The van der Waals surface area contributed by atoms with Crippen molar-refractivity contribution in [2.45, 2.75) is 26.3 Å². The molecule has 0 aliphatic rings. The van der Waals surface area contributed by atoms with Gasteiger partial charge in [-0.25, -0.2) is 0 Å². The highest BCUT2D eigenvalue weighted by atomic mass is 15.5. The molecule has 0 unspecified atom stereocenters. The molecule has 0 atom stereocenters. The van der Waals surface area contributed by atoms with Crippen LogP contribution in [0.2, 0.25) is 0 Å². The molecule has 0 N–H and O–H groups in total. The Balaban J connectivity index is 2.34. The Kier molecular flexibility index (Phi) is 3.46. The SMILES string of the molecule is CCCCn1nc(C#N)c(-c2cccnc2)n1. The lowest BCUT2D eigenvalue weighted by Gasteiger charge is -1.96. The van der Waals surface area contributed by atoms with Crippen LogP contribution in [0, 0.1) is 11.3 Å². The molecule has 2 aromatic heterocycles. The van der Waals surface area contributed by atoms with Crippen molar-refractivity contribution in [1.29, 1.82) is 5.26 Å². The Morgan fingerprint density at radius 1 is 1.41 bits per heavy atom. The Morgan fingerprint density at radius 2 is 2.29 bits per heavy atom. The molecule has 0 saturated carbocycles. The van der Waals surface area contributed by atoms with Gasteiger partial charge in [-0.1, -0.05) is 13.3 Å². The number of unbranched alkanes of at least 4 members (excludes halogenated alkanes) is 1. The van der Waals surface area contributed by atoms with Gasteiger partial charge in [-0.3, -0.25) is 4.98 Å². The third kappa shape index (κ3) is 2.48. The van der Waals surface area contributed by atoms with Crippen LogP contribution in [0.5, 0.6) is 0 Å². The average Bonchev–Trinajstić information content (AvgIpc) is 2.80. The summed E-state index contributed by atoms with van der Waals surface area (Å²) in [6.45, 7) is 2.85. The molecule has 86 valence electrons. The summed E-state index contributed by atoms with van der Waals surface area (Å²) < 4.78 is 0. The summed E-state index contributed by atoms with van der Waals surface area (Å²) in [7, 11) is 0. The number of hydrogen-bond acceptors (Lipinski definition) is 4. The van der Waals surface area contributed by atoms with Crippen LogP contribution in [0.25, 0.3) is 11.3 Å². The summed E-state index contributed by atoms with van der Waals surface area (Å²) in [5.41, 5.74) is 1.79. The molecule has 0 radical (unpaired) electrons. The minimum Gasteiger partial charge on any atom is -0.264 e. The first kappa shape index (κ1) is 11.3. The van der Waals surface area contributed by atoms with Crippen molar-refractivity contribution in [2.24, 2.45) is 0 Å². The zero-order chi connectivity index (χ0) is 12.1. The first-order chi connectivity index (χ1) is 8.35. The standard InChI is InChI=1S/C12H13N5/c1-2-3-7-17-15-11(8-13)12(16-17)10-5-4-6-14-9-10/h4-6,9H,2-3,7H2,1H3. The van der Waals surface area contributed by atoms with Gasteiger partial charge >= 0.3 is 0 Å². The van der Waals surface area contributed by atoms with Crippen molar-refractivity contribution < 1.29 is 0 Å². The Morgan fingerprint density at radius 3 is 2.94 bits per heavy atom. The first-order valence-corrected chi connectivity index (χ1v) is 5.60. The third-order valence-corrected chi connectivity index (χ3v) is 2.41. The monoisotopic (exact) mass is 227 g/mol. The summed E-state index contributed by atoms with van der Waals surface area (Å²) in [4.78, 5) is 5.61. The number of rotatable bonds is 4. The molecule has 0 fully saturated rings. The van der Waals surface area contributed by atoms with E-state index in [1.54, 1.807) is 17.2 Å². The topological polar surface area (TPSA) is 67.4 Å². The molecule has 0 saturated heterocycles. The summed E-state index contributed by atoms with van der Waals surface area (Å²) >= 11 is 0. The Labute approximate surface area is 99.7 Å². The predicted molar refractivity (Wildman–Crippen MR) is 62.9 cm³/mol. The zero-order valence-corrected chi connectivity index (χ0v) is 9.67. The summed E-state index contributed by atoms with van der Waals surface area (Å²) in [6, 6.07) is 5.77. The van der Waals surface area contributed by atoms with Crippen LogP contribution in [0.3, 0.4) is 0 Å². The van der Waals surface area contributed by atoms with Crippen molar-refractivity contribution in [2.75, 3.05) is 0 Å². The molecule has 17 heavy (non-hydrogen) atoms. The van der Waals surface area contributed by atoms with E-state index < -0.39 is 0 Å². The van der Waals surface area contributed by atoms with Gasteiger partial charge in [-0.2, -0.15) is 15.2 Å². The van der Waals surface area contributed by atoms with Crippen molar-refractivity contribution in [3.8, 4) is 17.3 Å². The van der Waals surface area contributed by atoms with E-state index in [4.69, 9.17) is 5.26 Å². The number of nitriles is 1. The van der Waals surface area contributed by atoms with Crippen LogP contribution in [0.1, 0.15) is 25.5 Å². The molecule has 2 heterocycles. The molecule has 2 aromatic rings. The highest BCUT2D eigenvalue weighted by Crippen LogP contribution is 2.18. The molecule has 0 aromatic carbocycles. The lowest BCUT2D eigenvalue weighted by molar-refractivity contribution is 0.508. The summed E-state index contributed by atoms with van der Waals surface area (Å²) in [6.07, 6.45) is 5.46. The molecule has 0 amide bonds. The smallest absolute Gasteiger partial charge is 0.190 e. The molecule has 2 rings (SSSR count). The van der Waals surface area contributed by atoms with Crippen LogP contribution in [-0.2, 0) is 6.54 Å². The molecular weight excluding hydrogens is 214 g/mol.